The number of carboxylic acids is 1. The number of esters is 1. The minimum atomic E-state index is -5.29. The van der Waals surface area contributed by atoms with Crippen molar-refractivity contribution < 1.29 is 37.3 Å². The average molecular weight is 360 g/mol. The molecule has 1 aromatic rings. The van der Waals surface area contributed by atoms with Gasteiger partial charge in [-0.2, -0.15) is 13.2 Å². The Bertz CT molecular complexity index is 702. The quantitative estimate of drug-likeness (QED) is 0.775. The molecule has 0 amide bonds. The van der Waals surface area contributed by atoms with Crippen LogP contribution in [0.2, 0.25) is 0 Å². The molecule has 2 rings (SSSR count). The second-order valence-electron chi connectivity index (χ2n) is 5.00. The van der Waals surface area contributed by atoms with Crippen molar-refractivity contribution in [2.24, 2.45) is 0 Å². The molecule has 1 atom stereocenters. The second kappa shape index (κ2) is 6.63. The Morgan fingerprint density at radius 3 is 2.32 bits per heavy atom. The first-order valence-electron chi connectivity index (χ1n) is 7.08. The molecule has 1 heterocycles. The number of hydrogen-bond acceptors (Lipinski definition) is 6. The highest BCUT2D eigenvalue weighted by Gasteiger charge is 2.68. The number of carbonyl (C=O) groups is 2. The molecule has 1 unspecified atom stereocenters. The number of carboxylic acid groups (broad SMARTS) is 1. The molecule has 1 aliphatic heterocycles. The van der Waals surface area contributed by atoms with Crippen molar-refractivity contribution in [3.63, 3.8) is 0 Å². The number of halogens is 3. The Labute approximate surface area is 140 Å². The number of benzene rings is 1. The molecule has 0 aromatic heterocycles. The van der Waals surface area contributed by atoms with Crippen molar-refractivity contribution in [1.82, 2.24) is 5.43 Å². The molecule has 0 bridgehead atoms. The van der Waals surface area contributed by atoms with E-state index in [-0.39, 0.29) is 12.3 Å². The summed E-state index contributed by atoms with van der Waals surface area (Å²) >= 11 is 0. The summed E-state index contributed by atoms with van der Waals surface area (Å²) in [6, 6.07) is 5.76. The lowest BCUT2D eigenvalue weighted by molar-refractivity contribution is -0.201. The van der Waals surface area contributed by atoms with Crippen LogP contribution in [0.15, 0.2) is 36.0 Å². The molecule has 10 heteroatoms. The molecule has 1 aliphatic rings. The van der Waals surface area contributed by atoms with Gasteiger partial charge in [0.05, 0.1) is 25.0 Å². The molecule has 0 saturated heterocycles. The summed E-state index contributed by atoms with van der Waals surface area (Å²) < 4.78 is 50.3. The van der Waals surface area contributed by atoms with Gasteiger partial charge in [-0.15, -0.1) is 0 Å². The Kier molecular flexibility index (Phi) is 4.93. The summed E-state index contributed by atoms with van der Waals surface area (Å²) in [6.45, 7) is 1.20. The highest BCUT2D eigenvalue weighted by molar-refractivity contribution is 6.03. The van der Waals surface area contributed by atoms with Crippen LogP contribution in [0.3, 0.4) is 0 Å². The largest absolute Gasteiger partial charge is 0.497 e. The molecule has 2 N–H and O–H groups in total. The lowest BCUT2D eigenvalue weighted by Gasteiger charge is -2.31. The molecular weight excluding hydrogens is 345 g/mol. The Hall–Kier alpha value is -2.75. The van der Waals surface area contributed by atoms with Gasteiger partial charge < -0.3 is 14.6 Å². The van der Waals surface area contributed by atoms with Crippen molar-refractivity contribution in [1.29, 1.82) is 0 Å². The highest BCUT2D eigenvalue weighted by atomic mass is 19.4. The van der Waals surface area contributed by atoms with E-state index >= 15 is 0 Å². The van der Waals surface area contributed by atoms with Crippen molar-refractivity contribution in [3.8, 4) is 5.75 Å². The zero-order chi connectivity index (χ0) is 18.8. The van der Waals surface area contributed by atoms with E-state index in [1.165, 1.54) is 38.3 Å². The lowest BCUT2D eigenvalue weighted by Crippen LogP contribution is -2.64. The smallest absolute Gasteiger partial charge is 0.423 e. The van der Waals surface area contributed by atoms with Gasteiger partial charge in [0.15, 0.2) is 0 Å². The fourth-order valence-electron chi connectivity index (χ4n) is 2.30. The Morgan fingerprint density at radius 2 is 1.88 bits per heavy atom. The molecule has 0 radical (unpaired) electrons. The lowest BCUT2D eigenvalue weighted by atomic mass is 9.91. The van der Waals surface area contributed by atoms with Crippen molar-refractivity contribution in [2.45, 2.75) is 18.6 Å². The van der Waals surface area contributed by atoms with Crippen LogP contribution in [0.4, 0.5) is 18.9 Å². The zero-order valence-electron chi connectivity index (χ0n) is 13.3. The number of rotatable bonds is 5. The van der Waals surface area contributed by atoms with Gasteiger partial charge in [0.2, 0.25) is 0 Å². The maximum absolute atomic E-state index is 13.6. The standard InChI is InChI=1S/C15H15F3N2O5/c1-3-25-12(21)11-8-20(9-4-6-10(24-2)7-5-9)19-14(11,13(22)23)15(16,17)18/h4-8,19H,3H2,1-2H3,(H,22,23). The first kappa shape index (κ1) is 18.6. The van der Waals surface area contributed by atoms with E-state index in [9.17, 15) is 27.9 Å². The number of aliphatic carboxylic acids is 1. The summed E-state index contributed by atoms with van der Waals surface area (Å²) in [5.41, 5.74) is -2.64. The van der Waals surface area contributed by atoms with E-state index in [1.807, 2.05) is 5.43 Å². The number of nitrogens with one attached hydrogen (secondary N) is 1. The molecular formula is C15H15F3N2O5. The predicted molar refractivity (Wildman–Crippen MR) is 79.7 cm³/mol. The van der Waals surface area contributed by atoms with Crippen molar-refractivity contribution in [3.05, 3.63) is 36.0 Å². The van der Waals surface area contributed by atoms with Crippen LogP contribution >= 0.6 is 0 Å². The SMILES string of the molecule is CCOC(=O)C1=CN(c2ccc(OC)cc2)NC1(C(=O)O)C(F)(F)F. The number of hydrazine groups is 1. The minimum absolute atomic E-state index is 0.176. The molecule has 0 aliphatic carbocycles. The van der Waals surface area contributed by atoms with E-state index < -0.39 is 29.2 Å². The molecule has 7 nitrogen and oxygen atoms in total. The first-order valence-corrected chi connectivity index (χ1v) is 7.08. The van der Waals surface area contributed by atoms with E-state index in [2.05, 4.69) is 4.74 Å². The maximum atomic E-state index is 13.6. The van der Waals surface area contributed by atoms with E-state index in [0.717, 1.165) is 11.2 Å². The number of methoxy groups -OCH3 is 1. The van der Waals surface area contributed by atoms with Crippen molar-refractivity contribution in [2.75, 3.05) is 18.7 Å². The number of hydrogen-bond donors (Lipinski definition) is 2. The molecule has 136 valence electrons. The molecule has 0 spiro atoms. The first-order chi connectivity index (χ1) is 11.7. The van der Waals surface area contributed by atoms with E-state index in [4.69, 9.17) is 4.74 Å². The Balaban J connectivity index is 2.52. The topological polar surface area (TPSA) is 88.1 Å². The molecule has 1 aromatic carbocycles. The van der Waals surface area contributed by atoms with Gasteiger partial charge in [-0.25, -0.2) is 15.0 Å². The van der Waals surface area contributed by atoms with Gasteiger partial charge in [-0.05, 0) is 31.2 Å². The summed E-state index contributed by atoms with van der Waals surface area (Å²) in [5, 5.41) is 10.1. The van der Waals surface area contributed by atoms with E-state index in [1.54, 1.807) is 0 Å². The number of anilines is 1. The highest BCUT2D eigenvalue weighted by Crippen LogP contribution is 2.41. The number of nitrogens with zero attached hydrogens (tertiary/aromatic N) is 1. The van der Waals surface area contributed by atoms with Crippen LogP contribution < -0.4 is 15.2 Å². The third-order valence-corrected chi connectivity index (χ3v) is 3.54. The summed E-state index contributed by atoms with van der Waals surface area (Å²) in [7, 11) is 1.42. The third kappa shape index (κ3) is 3.12. The fourth-order valence-corrected chi connectivity index (χ4v) is 2.30. The van der Waals surface area contributed by atoms with Gasteiger partial charge in [0.1, 0.15) is 5.75 Å². The minimum Gasteiger partial charge on any atom is -0.497 e. The third-order valence-electron chi connectivity index (χ3n) is 3.54. The fraction of sp³-hybridized carbons (Fsp3) is 0.333. The van der Waals surface area contributed by atoms with E-state index in [0.29, 0.717) is 5.75 Å². The van der Waals surface area contributed by atoms with Gasteiger partial charge >= 0.3 is 18.1 Å². The van der Waals surface area contributed by atoms with Gasteiger partial charge in [0.25, 0.3) is 5.54 Å². The molecule has 0 fully saturated rings. The van der Waals surface area contributed by atoms with Gasteiger partial charge in [-0.1, -0.05) is 0 Å². The number of alkyl halides is 3. The number of carbonyl (C=O) groups excluding carboxylic acids is 1. The van der Waals surface area contributed by atoms with Crippen LogP contribution in [0.5, 0.6) is 5.75 Å². The normalized spacial score (nSPS) is 20.2. The van der Waals surface area contributed by atoms with Gasteiger partial charge in [-0.3, -0.25) is 5.01 Å². The van der Waals surface area contributed by atoms with Gasteiger partial charge in [0, 0.05) is 6.20 Å². The monoisotopic (exact) mass is 360 g/mol. The predicted octanol–water partition coefficient (Wildman–Crippen LogP) is 1.85. The maximum Gasteiger partial charge on any atom is 0.423 e. The van der Waals surface area contributed by atoms with Crippen LogP contribution in [-0.2, 0) is 14.3 Å². The number of ether oxygens (including phenoxy) is 2. The van der Waals surface area contributed by atoms with Crippen molar-refractivity contribution >= 4 is 17.6 Å². The Morgan fingerprint density at radius 1 is 1.28 bits per heavy atom. The average Bonchev–Trinajstić information content (AvgIpc) is 2.97. The van der Waals surface area contributed by atoms with Crippen LogP contribution in [-0.4, -0.2) is 42.5 Å². The summed E-state index contributed by atoms with van der Waals surface area (Å²) in [6.07, 6.45) is -4.53. The molecule has 0 saturated carbocycles. The second-order valence-corrected chi connectivity index (χ2v) is 5.00. The van der Waals surface area contributed by atoms with Crippen LogP contribution in [0.25, 0.3) is 0 Å². The summed E-state index contributed by atoms with van der Waals surface area (Å²) in [4.78, 5) is 23.4. The molecule has 25 heavy (non-hydrogen) atoms. The zero-order valence-corrected chi connectivity index (χ0v) is 13.3. The van der Waals surface area contributed by atoms with Crippen LogP contribution in [0.1, 0.15) is 6.92 Å². The summed E-state index contributed by atoms with van der Waals surface area (Å²) in [5.74, 6) is -3.18. The van der Waals surface area contributed by atoms with Crippen LogP contribution in [0, 0.1) is 0 Å².